The summed E-state index contributed by atoms with van der Waals surface area (Å²) in [5.74, 6) is -0.193. The smallest absolute Gasteiger partial charge is 0.361 e. The largest absolute Gasteiger partial charge is 0.435 e. The first-order valence-electron chi connectivity index (χ1n) is 13.1. The average Bonchev–Trinajstić information content (AvgIpc) is 3.64. The Morgan fingerprint density at radius 3 is 2.79 bits per heavy atom. The van der Waals surface area contributed by atoms with Gasteiger partial charge in [0.2, 0.25) is 5.91 Å². The lowest BCUT2D eigenvalue weighted by atomic mass is 10.0. The minimum Gasteiger partial charge on any atom is -0.361 e. The molecule has 220 valence electrons. The maximum atomic E-state index is 13.8. The maximum Gasteiger partial charge on any atom is 0.435 e. The summed E-state index contributed by atoms with van der Waals surface area (Å²) in [4.78, 5) is 32.8. The number of aliphatic imine (C=N–C) groups is 1. The van der Waals surface area contributed by atoms with Gasteiger partial charge in [0.15, 0.2) is 17.2 Å². The number of benzene rings is 1. The van der Waals surface area contributed by atoms with Gasteiger partial charge in [-0.15, -0.1) is 0 Å². The van der Waals surface area contributed by atoms with Crippen LogP contribution < -0.4 is 21.7 Å². The molecule has 1 aromatic carbocycles. The second-order valence-electron chi connectivity index (χ2n) is 10.4. The highest BCUT2D eigenvalue weighted by molar-refractivity contribution is 6.05. The van der Waals surface area contributed by atoms with Gasteiger partial charge in [-0.05, 0) is 44.0 Å². The number of carbonyl (C=O) groups is 2. The van der Waals surface area contributed by atoms with Crippen molar-refractivity contribution in [3.63, 3.8) is 0 Å². The van der Waals surface area contributed by atoms with Crippen molar-refractivity contribution in [3.8, 4) is 6.07 Å². The summed E-state index contributed by atoms with van der Waals surface area (Å²) < 4.78 is 42.4. The molecule has 3 aliphatic heterocycles. The van der Waals surface area contributed by atoms with Crippen LogP contribution in [-0.4, -0.2) is 68.6 Å². The third-order valence-electron chi connectivity index (χ3n) is 7.36. The molecule has 0 aliphatic carbocycles. The van der Waals surface area contributed by atoms with Crippen LogP contribution in [0.4, 0.5) is 18.9 Å². The van der Waals surface area contributed by atoms with Crippen molar-refractivity contribution in [1.82, 2.24) is 30.2 Å². The fraction of sp³-hybridized carbons (Fsp3) is 0.370. The van der Waals surface area contributed by atoms with Gasteiger partial charge in [-0.3, -0.25) is 14.3 Å². The Balaban J connectivity index is 1.29. The number of rotatable bonds is 6. The first kappa shape index (κ1) is 28.7. The van der Waals surface area contributed by atoms with Gasteiger partial charge in [0.1, 0.15) is 6.54 Å². The molecular weight excluding hydrogens is 553 g/mol. The van der Waals surface area contributed by atoms with Crippen molar-refractivity contribution >= 4 is 29.0 Å². The number of likely N-dealkylation sites (tertiary alicyclic amines) is 1. The van der Waals surface area contributed by atoms with E-state index in [1.54, 1.807) is 54.1 Å². The quantitative estimate of drug-likeness (QED) is 0.403. The number of halogens is 3. The molecular formula is C27H29F3N10O2. The first-order chi connectivity index (χ1) is 19.9. The van der Waals surface area contributed by atoms with Gasteiger partial charge in [0.25, 0.3) is 5.91 Å². The van der Waals surface area contributed by atoms with Crippen LogP contribution in [-0.2, 0) is 17.5 Å². The molecule has 1 aromatic heterocycles. The molecule has 2 amide bonds. The molecule has 0 saturated carbocycles. The molecule has 42 heavy (non-hydrogen) atoms. The van der Waals surface area contributed by atoms with E-state index in [2.05, 4.69) is 26.0 Å². The third-order valence-corrected chi connectivity index (χ3v) is 7.36. The van der Waals surface area contributed by atoms with Gasteiger partial charge in [-0.1, -0.05) is 0 Å². The number of amidine groups is 1. The Morgan fingerprint density at radius 1 is 1.33 bits per heavy atom. The SMILES string of the molecule is Cc1cc(NC2=NC=CN3C(c4cn(CC#N)nc4C(F)(F)F)=CNC23C)ccc1C(=O)NCC(=O)N1CC[C@@H](N)C1. The van der Waals surface area contributed by atoms with Crippen LogP contribution >= 0.6 is 0 Å². The van der Waals surface area contributed by atoms with E-state index in [1.165, 1.54) is 18.6 Å². The van der Waals surface area contributed by atoms with Crippen molar-refractivity contribution in [2.24, 2.45) is 10.7 Å². The normalized spacial score (nSPS) is 21.3. The van der Waals surface area contributed by atoms with Crippen LogP contribution in [0.1, 0.15) is 40.5 Å². The fourth-order valence-corrected chi connectivity index (χ4v) is 5.14. The number of hydrogen-bond donors (Lipinski definition) is 4. The number of alkyl halides is 3. The number of aromatic nitrogens is 2. The molecule has 1 unspecified atom stereocenters. The maximum absolute atomic E-state index is 13.8. The second-order valence-corrected chi connectivity index (χ2v) is 10.4. The van der Waals surface area contributed by atoms with Crippen molar-refractivity contribution in [3.05, 3.63) is 65.4 Å². The van der Waals surface area contributed by atoms with Crippen LogP contribution in [0.15, 0.2) is 48.0 Å². The molecule has 12 nitrogen and oxygen atoms in total. The molecule has 4 heterocycles. The average molecular weight is 583 g/mol. The number of hydrogen-bond acceptors (Lipinski definition) is 9. The predicted molar refractivity (Wildman–Crippen MR) is 147 cm³/mol. The Labute approximate surface area is 239 Å². The number of aryl methyl sites for hydroxylation is 1. The number of carbonyl (C=O) groups excluding carboxylic acids is 2. The van der Waals surface area contributed by atoms with E-state index in [1.807, 2.05) is 0 Å². The number of amides is 2. The van der Waals surface area contributed by atoms with Crippen molar-refractivity contribution in [2.45, 2.75) is 44.7 Å². The van der Waals surface area contributed by atoms with Gasteiger partial charge >= 0.3 is 6.18 Å². The molecule has 1 saturated heterocycles. The van der Waals surface area contributed by atoms with E-state index in [0.29, 0.717) is 35.7 Å². The minimum absolute atomic E-state index is 0.0434. The molecule has 2 atom stereocenters. The summed E-state index contributed by atoms with van der Waals surface area (Å²) in [6.45, 7) is 4.09. The monoisotopic (exact) mass is 582 g/mol. The van der Waals surface area contributed by atoms with Crippen molar-refractivity contribution < 1.29 is 22.8 Å². The Morgan fingerprint density at radius 2 is 2.12 bits per heavy atom. The van der Waals surface area contributed by atoms with Gasteiger partial charge in [0, 0.05) is 55.2 Å². The molecule has 5 N–H and O–H groups in total. The van der Waals surface area contributed by atoms with Gasteiger partial charge < -0.3 is 31.5 Å². The number of nitriles is 1. The van der Waals surface area contributed by atoms with Gasteiger partial charge in [-0.2, -0.15) is 23.5 Å². The zero-order chi connectivity index (χ0) is 30.2. The summed E-state index contributed by atoms with van der Waals surface area (Å²) in [5.41, 5.74) is 5.31. The van der Waals surface area contributed by atoms with Crippen LogP contribution in [0.2, 0.25) is 0 Å². The summed E-state index contributed by atoms with van der Waals surface area (Å²) in [6.07, 6.45) is 1.65. The highest BCUT2D eigenvalue weighted by Crippen LogP contribution is 2.40. The lowest BCUT2D eigenvalue weighted by molar-refractivity contribution is -0.141. The number of nitrogens with two attached hydrogens (primary N) is 1. The van der Waals surface area contributed by atoms with E-state index < -0.39 is 23.4 Å². The minimum atomic E-state index is -4.73. The molecule has 0 spiro atoms. The molecule has 3 aliphatic rings. The summed E-state index contributed by atoms with van der Waals surface area (Å²) in [5, 5.41) is 21.5. The van der Waals surface area contributed by atoms with Crippen LogP contribution in [0.3, 0.4) is 0 Å². The molecule has 1 fully saturated rings. The Hall–Kier alpha value is -4.84. The highest BCUT2D eigenvalue weighted by atomic mass is 19.4. The molecule has 2 aromatic rings. The van der Waals surface area contributed by atoms with Gasteiger partial charge in [-0.25, -0.2) is 4.99 Å². The van der Waals surface area contributed by atoms with E-state index in [9.17, 15) is 22.8 Å². The van der Waals surface area contributed by atoms with E-state index >= 15 is 0 Å². The lowest BCUT2D eigenvalue weighted by Crippen LogP contribution is -2.57. The second kappa shape index (κ2) is 10.9. The summed E-state index contributed by atoms with van der Waals surface area (Å²) >= 11 is 0. The number of nitrogens with one attached hydrogen (secondary N) is 3. The number of nitrogens with zero attached hydrogens (tertiary/aromatic N) is 6. The lowest BCUT2D eigenvalue weighted by Gasteiger charge is -2.39. The summed E-state index contributed by atoms with van der Waals surface area (Å²) in [7, 11) is 0. The van der Waals surface area contributed by atoms with Crippen molar-refractivity contribution in [2.75, 3.05) is 25.0 Å². The fourth-order valence-electron chi connectivity index (χ4n) is 5.14. The molecule has 0 bridgehead atoms. The summed E-state index contributed by atoms with van der Waals surface area (Å²) in [6, 6.07) is 6.79. The molecule has 0 radical (unpaired) electrons. The number of anilines is 1. The van der Waals surface area contributed by atoms with Crippen LogP contribution in [0.25, 0.3) is 5.70 Å². The predicted octanol–water partition coefficient (Wildman–Crippen LogP) is 1.94. The zero-order valence-corrected chi connectivity index (χ0v) is 22.9. The van der Waals surface area contributed by atoms with Crippen molar-refractivity contribution in [1.29, 1.82) is 5.26 Å². The molecule has 15 heteroatoms. The van der Waals surface area contributed by atoms with Gasteiger partial charge in [0.05, 0.1) is 23.9 Å². The Bertz CT molecular complexity index is 1550. The third kappa shape index (κ3) is 5.40. The van der Waals surface area contributed by atoms with E-state index in [-0.39, 0.29) is 36.3 Å². The number of fused-ring (bicyclic) bond motifs is 1. The zero-order valence-electron chi connectivity index (χ0n) is 22.9. The molecule has 5 rings (SSSR count). The standard InChI is InChI=1S/C27H29F3N10O2/c1-16-11-18(3-4-19(16)24(42)34-13-22(41)38-8-5-17(32)14-38)36-25-26(2)35-12-21(40(26)10-7-33-25)20-15-39(9-6-31)37-23(20)27(28,29)30/h3-4,7,10-12,15,17,35H,5,8-9,13-14,32H2,1-2H3,(H,33,36)(H,34,42)/t17-,26?/m1/s1. The topological polar surface area (TPSA) is 157 Å². The Kier molecular flexibility index (Phi) is 7.42. The van der Waals surface area contributed by atoms with Crippen LogP contribution in [0, 0.1) is 18.3 Å². The van der Waals surface area contributed by atoms with E-state index in [0.717, 1.165) is 11.1 Å². The van der Waals surface area contributed by atoms with E-state index in [4.69, 9.17) is 11.0 Å². The highest BCUT2D eigenvalue weighted by Gasteiger charge is 2.46. The first-order valence-corrected chi connectivity index (χ1v) is 13.1. The van der Waals surface area contributed by atoms with Crippen LogP contribution in [0.5, 0.6) is 0 Å².